The Morgan fingerprint density at radius 3 is 2.69 bits per heavy atom. The average molecular weight is 227 g/mol. The van der Waals surface area contributed by atoms with E-state index < -0.39 is 12.1 Å². The Kier molecular flexibility index (Phi) is 4.29. The molecular weight excluding hydrogens is 206 g/mol. The molecule has 2 unspecified atom stereocenters. The van der Waals surface area contributed by atoms with Crippen molar-refractivity contribution in [3.8, 4) is 0 Å². The van der Waals surface area contributed by atoms with E-state index in [2.05, 4.69) is 5.32 Å². The van der Waals surface area contributed by atoms with E-state index in [0.29, 0.717) is 13.0 Å². The lowest BCUT2D eigenvalue weighted by Crippen LogP contribution is -2.56. The first-order valence-corrected chi connectivity index (χ1v) is 5.80. The summed E-state index contributed by atoms with van der Waals surface area (Å²) in [7, 11) is 0. The molecule has 16 heavy (non-hydrogen) atoms. The Morgan fingerprint density at radius 2 is 2.12 bits per heavy atom. The Labute approximate surface area is 96.4 Å². The molecule has 1 fully saturated rings. The number of nitrogens with two attached hydrogens (primary N) is 1. The molecule has 0 aromatic carbocycles. The van der Waals surface area contributed by atoms with Crippen LogP contribution in [0.2, 0.25) is 0 Å². The van der Waals surface area contributed by atoms with Crippen molar-refractivity contribution in [2.75, 3.05) is 6.54 Å². The van der Waals surface area contributed by atoms with E-state index in [9.17, 15) is 9.59 Å². The van der Waals surface area contributed by atoms with Crippen LogP contribution in [0.1, 0.15) is 33.6 Å². The zero-order valence-corrected chi connectivity index (χ0v) is 10.2. The monoisotopic (exact) mass is 227 g/mol. The van der Waals surface area contributed by atoms with Gasteiger partial charge < -0.3 is 16.0 Å². The van der Waals surface area contributed by atoms with Crippen LogP contribution < -0.4 is 11.1 Å². The van der Waals surface area contributed by atoms with Gasteiger partial charge in [-0.2, -0.15) is 0 Å². The highest BCUT2D eigenvalue weighted by Crippen LogP contribution is 2.13. The molecule has 0 bridgehead atoms. The smallest absolute Gasteiger partial charge is 0.242 e. The Balaban J connectivity index is 2.61. The Bertz CT molecular complexity index is 278. The van der Waals surface area contributed by atoms with Crippen LogP contribution in [0.4, 0.5) is 0 Å². The molecule has 1 aliphatic rings. The van der Waals surface area contributed by atoms with Crippen LogP contribution in [-0.2, 0) is 9.59 Å². The van der Waals surface area contributed by atoms with E-state index in [1.165, 1.54) is 0 Å². The molecule has 0 spiro atoms. The second kappa shape index (κ2) is 5.30. The summed E-state index contributed by atoms with van der Waals surface area (Å²) in [6, 6.07) is -0.784. The summed E-state index contributed by atoms with van der Waals surface area (Å²) >= 11 is 0. The number of nitrogens with one attached hydrogen (secondary N) is 1. The van der Waals surface area contributed by atoms with Crippen molar-refractivity contribution in [3.63, 3.8) is 0 Å². The maximum absolute atomic E-state index is 11.8. The van der Waals surface area contributed by atoms with Crippen LogP contribution in [0.3, 0.4) is 0 Å². The van der Waals surface area contributed by atoms with Gasteiger partial charge in [-0.3, -0.25) is 9.59 Å². The van der Waals surface area contributed by atoms with Gasteiger partial charge in [-0.1, -0.05) is 0 Å². The number of rotatable bonds is 3. The van der Waals surface area contributed by atoms with Crippen molar-refractivity contribution in [2.24, 2.45) is 5.73 Å². The number of carbonyl (C=O) groups excluding carboxylic acids is 2. The summed E-state index contributed by atoms with van der Waals surface area (Å²) < 4.78 is 0. The van der Waals surface area contributed by atoms with E-state index in [1.54, 1.807) is 11.8 Å². The minimum absolute atomic E-state index is 0.0866. The molecule has 1 heterocycles. The van der Waals surface area contributed by atoms with Crippen molar-refractivity contribution >= 4 is 11.8 Å². The van der Waals surface area contributed by atoms with Gasteiger partial charge in [0.2, 0.25) is 11.8 Å². The van der Waals surface area contributed by atoms with Gasteiger partial charge in [0, 0.05) is 12.6 Å². The second-order valence-electron chi connectivity index (χ2n) is 4.62. The molecule has 5 nitrogen and oxygen atoms in total. The van der Waals surface area contributed by atoms with Gasteiger partial charge in [-0.15, -0.1) is 0 Å². The fraction of sp³-hybridized carbons (Fsp3) is 0.818. The fourth-order valence-electron chi connectivity index (χ4n) is 1.86. The first-order valence-electron chi connectivity index (χ1n) is 5.80. The number of piperidine rings is 1. The number of hydrogen-bond acceptors (Lipinski definition) is 3. The molecule has 2 atom stereocenters. The third-order valence-corrected chi connectivity index (χ3v) is 2.79. The lowest BCUT2D eigenvalue weighted by Gasteiger charge is -2.34. The largest absolute Gasteiger partial charge is 0.352 e. The van der Waals surface area contributed by atoms with Gasteiger partial charge in [0.15, 0.2) is 0 Å². The Hall–Kier alpha value is -1.10. The SMILES string of the molecule is CC(C)NC(=O)C(C)N1CCCC(N)C1=O. The highest BCUT2D eigenvalue weighted by Gasteiger charge is 2.32. The molecule has 5 heteroatoms. The van der Waals surface area contributed by atoms with Gasteiger partial charge >= 0.3 is 0 Å². The molecule has 0 aromatic rings. The number of amides is 2. The predicted octanol–water partition coefficient (Wildman–Crippen LogP) is -0.151. The molecule has 1 aliphatic heterocycles. The molecule has 1 saturated heterocycles. The molecule has 0 aromatic heterocycles. The summed E-state index contributed by atoms with van der Waals surface area (Å²) in [5, 5.41) is 2.80. The number of nitrogens with zero attached hydrogens (tertiary/aromatic N) is 1. The number of likely N-dealkylation sites (tertiary alicyclic amines) is 1. The highest BCUT2D eigenvalue weighted by atomic mass is 16.2. The summed E-state index contributed by atoms with van der Waals surface area (Å²) in [4.78, 5) is 25.1. The maximum atomic E-state index is 11.8. The summed E-state index contributed by atoms with van der Waals surface area (Å²) in [6.45, 7) is 6.16. The van der Waals surface area contributed by atoms with Crippen molar-refractivity contribution in [1.82, 2.24) is 10.2 Å². The molecule has 3 N–H and O–H groups in total. The lowest BCUT2D eigenvalue weighted by molar-refractivity contribution is -0.143. The molecule has 92 valence electrons. The Morgan fingerprint density at radius 1 is 1.50 bits per heavy atom. The molecule has 0 radical (unpaired) electrons. The van der Waals surface area contributed by atoms with Gasteiger partial charge in [-0.05, 0) is 33.6 Å². The molecule has 2 amide bonds. The predicted molar refractivity (Wildman–Crippen MR) is 61.7 cm³/mol. The molecule has 0 aliphatic carbocycles. The third-order valence-electron chi connectivity index (χ3n) is 2.79. The van der Waals surface area contributed by atoms with Crippen LogP contribution in [0.5, 0.6) is 0 Å². The van der Waals surface area contributed by atoms with Crippen LogP contribution in [0.15, 0.2) is 0 Å². The number of hydrogen-bond donors (Lipinski definition) is 2. The van der Waals surface area contributed by atoms with Crippen LogP contribution in [-0.4, -0.2) is 41.4 Å². The summed E-state index contributed by atoms with van der Waals surface area (Å²) in [5.74, 6) is -0.227. The second-order valence-corrected chi connectivity index (χ2v) is 4.62. The third kappa shape index (κ3) is 2.95. The topological polar surface area (TPSA) is 75.4 Å². The van der Waals surface area contributed by atoms with Crippen LogP contribution in [0.25, 0.3) is 0 Å². The van der Waals surface area contributed by atoms with E-state index in [0.717, 1.165) is 6.42 Å². The maximum Gasteiger partial charge on any atom is 0.242 e. The van der Waals surface area contributed by atoms with Crippen LogP contribution in [0, 0.1) is 0 Å². The van der Waals surface area contributed by atoms with E-state index >= 15 is 0 Å². The van der Waals surface area contributed by atoms with E-state index in [4.69, 9.17) is 5.73 Å². The fourth-order valence-corrected chi connectivity index (χ4v) is 1.86. The quantitative estimate of drug-likeness (QED) is 0.704. The molecule has 1 rings (SSSR count). The van der Waals surface area contributed by atoms with Crippen molar-refractivity contribution in [3.05, 3.63) is 0 Å². The standard InChI is InChI=1S/C11H21N3O2/c1-7(2)13-10(15)8(3)14-6-4-5-9(12)11(14)16/h7-9H,4-6,12H2,1-3H3,(H,13,15). The highest BCUT2D eigenvalue weighted by molar-refractivity contribution is 5.90. The summed E-state index contributed by atoms with van der Waals surface area (Å²) in [5.41, 5.74) is 5.68. The molecular formula is C11H21N3O2. The molecule has 0 saturated carbocycles. The number of carbonyl (C=O) groups is 2. The lowest BCUT2D eigenvalue weighted by atomic mass is 10.0. The first kappa shape index (κ1) is 13.0. The van der Waals surface area contributed by atoms with Crippen molar-refractivity contribution in [1.29, 1.82) is 0 Å². The minimum atomic E-state index is -0.442. The first-order chi connectivity index (χ1) is 7.43. The van der Waals surface area contributed by atoms with Gasteiger partial charge in [0.25, 0.3) is 0 Å². The van der Waals surface area contributed by atoms with Crippen molar-refractivity contribution < 1.29 is 9.59 Å². The summed E-state index contributed by atoms with van der Waals surface area (Å²) in [6.07, 6.45) is 1.58. The van der Waals surface area contributed by atoms with E-state index in [1.807, 2.05) is 13.8 Å². The van der Waals surface area contributed by atoms with Gasteiger partial charge in [0.1, 0.15) is 6.04 Å². The van der Waals surface area contributed by atoms with Gasteiger partial charge in [-0.25, -0.2) is 0 Å². The minimum Gasteiger partial charge on any atom is -0.352 e. The average Bonchev–Trinajstić information content (AvgIpc) is 2.20. The van der Waals surface area contributed by atoms with E-state index in [-0.39, 0.29) is 17.9 Å². The van der Waals surface area contributed by atoms with Gasteiger partial charge in [0.05, 0.1) is 6.04 Å². The van der Waals surface area contributed by atoms with Crippen molar-refractivity contribution in [2.45, 2.75) is 51.7 Å². The van der Waals surface area contributed by atoms with Crippen LogP contribution >= 0.6 is 0 Å². The normalized spacial score (nSPS) is 23.4. The zero-order chi connectivity index (χ0) is 12.3. The zero-order valence-electron chi connectivity index (χ0n) is 10.2.